The molecule has 5 rings (SSSR count). The first-order valence-electron chi connectivity index (χ1n) is 12.1. The van der Waals surface area contributed by atoms with Crippen LogP contribution in [0.25, 0.3) is 5.65 Å². The maximum absolute atomic E-state index is 13.1. The van der Waals surface area contributed by atoms with Crippen LogP contribution in [0.4, 0.5) is 5.69 Å². The van der Waals surface area contributed by atoms with Crippen LogP contribution in [-0.4, -0.2) is 36.4 Å². The molecule has 3 N–H and O–H groups in total. The molecule has 0 bridgehead atoms. The second-order valence-electron chi connectivity index (χ2n) is 9.30. The molecule has 4 aromatic rings. The number of amides is 1. The highest BCUT2D eigenvalue weighted by Gasteiger charge is 2.20. The zero-order valence-corrected chi connectivity index (χ0v) is 21.5. The highest BCUT2D eigenvalue weighted by Crippen LogP contribution is 2.27. The van der Waals surface area contributed by atoms with E-state index in [0.29, 0.717) is 24.5 Å². The number of nitrogens with one attached hydrogen (secondary N) is 3. The summed E-state index contributed by atoms with van der Waals surface area (Å²) in [7, 11) is -3.82. The SMILES string of the molecule is CC(C)NS(=O)(=O)c1cc(NCc2ccc3c(c2)CCO3)cc(C(=O)NCc2cn3ccccc3n2)c1. The van der Waals surface area contributed by atoms with Gasteiger partial charge in [0, 0.05) is 42.7 Å². The van der Waals surface area contributed by atoms with E-state index in [4.69, 9.17) is 4.74 Å². The van der Waals surface area contributed by atoms with E-state index >= 15 is 0 Å². The van der Waals surface area contributed by atoms with E-state index in [1.165, 1.54) is 6.07 Å². The van der Waals surface area contributed by atoms with Gasteiger partial charge < -0.3 is 19.8 Å². The highest BCUT2D eigenvalue weighted by atomic mass is 32.2. The van der Waals surface area contributed by atoms with Gasteiger partial charge in [0.15, 0.2) is 0 Å². The number of benzene rings is 2. The summed E-state index contributed by atoms with van der Waals surface area (Å²) < 4.78 is 35.9. The van der Waals surface area contributed by atoms with E-state index in [0.717, 1.165) is 28.9 Å². The lowest BCUT2D eigenvalue weighted by atomic mass is 10.1. The normalized spacial score (nSPS) is 12.9. The van der Waals surface area contributed by atoms with Crippen LogP contribution < -0.4 is 20.1 Å². The lowest BCUT2D eigenvalue weighted by Crippen LogP contribution is -2.30. The molecular formula is C27H29N5O4S. The van der Waals surface area contributed by atoms with Gasteiger partial charge >= 0.3 is 0 Å². The van der Waals surface area contributed by atoms with Gasteiger partial charge in [-0.2, -0.15) is 0 Å². The predicted octanol–water partition coefficient (Wildman–Crippen LogP) is 3.50. The van der Waals surface area contributed by atoms with Gasteiger partial charge in [-0.3, -0.25) is 4.79 Å². The Hall–Kier alpha value is -3.89. The highest BCUT2D eigenvalue weighted by molar-refractivity contribution is 7.89. The fourth-order valence-electron chi connectivity index (χ4n) is 4.26. The molecule has 0 atom stereocenters. The van der Waals surface area contributed by atoms with Gasteiger partial charge in [0.2, 0.25) is 10.0 Å². The maximum Gasteiger partial charge on any atom is 0.251 e. The third-order valence-electron chi connectivity index (χ3n) is 5.96. The molecule has 0 spiro atoms. The van der Waals surface area contributed by atoms with Crippen LogP contribution in [0.15, 0.2) is 71.9 Å². The van der Waals surface area contributed by atoms with E-state index in [-0.39, 0.29) is 23.0 Å². The van der Waals surface area contributed by atoms with E-state index in [1.807, 2.05) is 47.1 Å². The van der Waals surface area contributed by atoms with Gasteiger partial charge in [-0.05, 0) is 61.4 Å². The molecule has 1 aliphatic rings. The van der Waals surface area contributed by atoms with Crippen molar-refractivity contribution in [3.8, 4) is 5.75 Å². The lowest BCUT2D eigenvalue weighted by molar-refractivity contribution is 0.0950. The number of carbonyl (C=O) groups is 1. The Kier molecular flexibility index (Phi) is 6.86. The molecule has 2 aromatic heterocycles. The van der Waals surface area contributed by atoms with Crippen molar-refractivity contribution in [2.75, 3.05) is 11.9 Å². The number of nitrogens with zero attached hydrogens (tertiary/aromatic N) is 2. The number of ether oxygens (including phenoxy) is 1. The molecular weight excluding hydrogens is 490 g/mol. The quantitative estimate of drug-likeness (QED) is 0.312. The van der Waals surface area contributed by atoms with Gasteiger partial charge in [-0.1, -0.05) is 18.2 Å². The number of carbonyl (C=O) groups excluding carboxylic acids is 1. The molecule has 1 aliphatic heterocycles. The molecule has 0 radical (unpaired) electrons. The van der Waals surface area contributed by atoms with Crippen molar-refractivity contribution in [3.05, 3.63) is 89.4 Å². The molecule has 1 amide bonds. The van der Waals surface area contributed by atoms with Gasteiger partial charge in [0.25, 0.3) is 5.91 Å². The maximum atomic E-state index is 13.1. The van der Waals surface area contributed by atoms with Gasteiger partial charge in [-0.15, -0.1) is 0 Å². The van der Waals surface area contributed by atoms with Crippen molar-refractivity contribution in [1.29, 1.82) is 0 Å². The Labute approximate surface area is 215 Å². The fraction of sp³-hybridized carbons (Fsp3) is 0.259. The number of hydrogen-bond donors (Lipinski definition) is 3. The molecule has 37 heavy (non-hydrogen) atoms. The molecule has 0 aliphatic carbocycles. The lowest BCUT2D eigenvalue weighted by Gasteiger charge is -2.14. The van der Waals surface area contributed by atoms with E-state index in [2.05, 4.69) is 26.4 Å². The smallest absolute Gasteiger partial charge is 0.251 e. The fourth-order valence-corrected chi connectivity index (χ4v) is 5.59. The van der Waals surface area contributed by atoms with Gasteiger partial charge in [-0.25, -0.2) is 18.1 Å². The first-order chi connectivity index (χ1) is 17.8. The Bertz CT molecular complexity index is 1530. The zero-order chi connectivity index (χ0) is 26.0. The summed E-state index contributed by atoms with van der Waals surface area (Å²) in [5.41, 5.74) is 4.44. The number of anilines is 1. The number of imidazole rings is 1. The van der Waals surface area contributed by atoms with E-state index in [9.17, 15) is 13.2 Å². The number of rotatable bonds is 9. The minimum absolute atomic E-state index is 0.0198. The molecule has 192 valence electrons. The van der Waals surface area contributed by atoms with Crippen molar-refractivity contribution in [1.82, 2.24) is 19.4 Å². The number of fused-ring (bicyclic) bond motifs is 2. The molecule has 2 aromatic carbocycles. The Balaban J connectivity index is 1.37. The minimum Gasteiger partial charge on any atom is -0.493 e. The summed E-state index contributed by atoms with van der Waals surface area (Å²) in [5.74, 6) is 0.512. The van der Waals surface area contributed by atoms with Crippen LogP contribution in [0.2, 0.25) is 0 Å². The molecule has 0 saturated heterocycles. The summed E-state index contributed by atoms with van der Waals surface area (Å²) >= 11 is 0. The third-order valence-corrected chi connectivity index (χ3v) is 7.60. The first-order valence-corrected chi connectivity index (χ1v) is 13.6. The largest absolute Gasteiger partial charge is 0.493 e. The number of pyridine rings is 1. The predicted molar refractivity (Wildman–Crippen MR) is 141 cm³/mol. The summed E-state index contributed by atoms with van der Waals surface area (Å²) in [4.78, 5) is 17.6. The Morgan fingerprint density at radius 1 is 1.11 bits per heavy atom. The Morgan fingerprint density at radius 2 is 1.97 bits per heavy atom. The molecule has 0 unspecified atom stereocenters. The minimum atomic E-state index is -3.82. The zero-order valence-electron chi connectivity index (χ0n) is 20.7. The first kappa shape index (κ1) is 24.8. The van der Waals surface area contributed by atoms with Crippen LogP contribution in [0, 0.1) is 0 Å². The summed E-state index contributed by atoms with van der Waals surface area (Å²) in [6.45, 7) is 4.86. The average molecular weight is 520 g/mol. The van der Waals surface area contributed by atoms with Crippen LogP contribution in [0.3, 0.4) is 0 Å². The molecule has 0 fully saturated rings. The molecule has 9 nitrogen and oxygen atoms in total. The van der Waals surface area contributed by atoms with Crippen molar-refractivity contribution < 1.29 is 17.9 Å². The van der Waals surface area contributed by atoms with E-state index in [1.54, 1.807) is 26.0 Å². The van der Waals surface area contributed by atoms with Gasteiger partial charge in [0.05, 0.1) is 23.7 Å². The van der Waals surface area contributed by atoms with Crippen LogP contribution in [0.1, 0.15) is 41.0 Å². The second kappa shape index (κ2) is 10.2. The number of sulfonamides is 1. The molecule has 10 heteroatoms. The number of aromatic nitrogens is 2. The van der Waals surface area contributed by atoms with Crippen LogP contribution >= 0.6 is 0 Å². The topological polar surface area (TPSA) is 114 Å². The van der Waals surface area contributed by atoms with Crippen LogP contribution in [-0.2, 0) is 29.5 Å². The van der Waals surface area contributed by atoms with Crippen molar-refractivity contribution >= 4 is 27.3 Å². The molecule has 0 saturated carbocycles. The summed E-state index contributed by atoms with van der Waals surface area (Å²) in [6, 6.07) is 16.0. The van der Waals surface area contributed by atoms with E-state index < -0.39 is 15.9 Å². The Morgan fingerprint density at radius 3 is 2.78 bits per heavy atom. The number of hydrogen-bond acceptors (Lipinski definition) is 6. The third kappa shape index (κ3) is 5.76. The monoisotopic (exact) mass is 519 g/mol. The second-order valence-corrected chi connectivity index (χ2v) is 11.0. The van der Waals surface area contributed by atoms with Gasteiger partial charge in [0.1, 0.15) is 11.4 Å². The summed E-state index contributed by atoms with van der Waals surface area (Å²) in [5, 5.41) is 6.13. The average Bonchev–Trinajstić information content (AvgIpc) is 3.51. The van der Waals surface area contributed by atoms with Crippen molar-refractivity contribution in [3.63, 3.8) is 0 Å². The molecule has 3 heterocycles. The van der Waals surface area contributed by atoms with Crippen LogP contribution in [0.5, 0.6) is 5.75 Å². The van der Waals surface area contributed by atoms with Crippen molar-refractivity contribution in [2.24, 2.45) is 0 Å². The standard InChI is InChI=1S/C27H29N5O4S/c1-18(2)31-37(34,35)24-13-21(27(33)29-16-23-17-32-9-4-3-5-26(32)30-23)12-22(14-24)28-15-19-6-7-25-20(11-19)8-10-36-25/h3-7,9,11-14,17-18,28,31H,8,10,15-16H2,1-2H3,(H,29,33). The van der Waals surface area contributed by atoms with Crippen molar-refractivity contribution in [2.45, 2.75) is 44.3 Å². The summed E-state index contributed by atoms with van der Waals surface area (Å²) in [6.07, 6.45) is 4.60.